The Bertz CT molecular complexity index is 727. The second-order valence-electron chi connectivity index (χ2n) is 4.87. The molecule has 0 fully saturated rings. The summed E-state index contributed by atoms with van der Waals surface area (Å²) in [6, 6.07) is 12.6. The molecule has 3 nitrogen and oxygen atoms in total. The fourth-order valence-corrected chi connectivity index (χ4v) is 3.52. The van der Waals surface area contributed by atoms with Crippen LogP contribution in [-0.4, -0.2) is 8.42 Å². The molecule has 0 aliphatic heterocycles. The first-order valence-electron chi connectivity index (χ1n) is 6.62. The molecule has 0 atom stereocenters. The number of hydrogen-bond acceptors (Lipinski definition) is 2. The molecule has 4 heteroatoms. The van der Waals surface area contributed by atoms with Gasteiger partial charge in [0.05, 0.1) is 4.90 Å². The van der Waals surface area contributed by atoms with E-state index in [4.69, 9.17) is 0 Å². The normalized spacial score (nSPS) is 11.3. The highest BCUT2D eigenvalue weighted by Crippen LogP contribution is 2.21. The Balaban J connectivity index is 0.00000220. The number of benzene rings is 2. The third-order valence-electron chi connectivity index (χ3n) is 3.36. The summed E-state index contributed by atoms with van der Waals surface area (Å²) in [5.74, 6) is 0. The standard InChI is InChI=1S/C16H19NO2S.H2/c1-4-14-9-10-15(11-13(14)3)17-20(18,19)16-8-6-5-7-12(16)2;/h5-11,17H,4H2,1-3H3;1H. The van der Waals surface area contributed by atoms with Gasteiger partial charge in [0.2, 0.25) is 0 Å². The van der Waals surface area contributed by atoms with Crippen LogP contribution in [0.15, 0.2) is 47.4 Å². The van der Waals surface area contributed by atoms with Crippen molar-refractivity contribution in [2.75, 3.05) is 4.72 Å². The molecule has 0 bridgehead atoms. The quantitative estimate of drug-likeness (QED) is 0.928. The van der Waals surface area contributed by atoms with E-state index in [2.05, 4.69) is 11.6 Å². The first-order valence-corrected chi connectivity index (χ1v) is 8.10. The minimum atomic E-state index is -3.53. The molecule has 2 rings (SSSR count). The Morgan fingerprint density at radius 3 is 2.35 bits per heavy atom. The van der Waals surface area contributed by atoms with E-state index in [1.165, 1.54) is 5.56 Å². The van der Waals surface area contributed by atoms with Gasteiger partial charge < -0.3 is 0 Å². The van der Waals surface area contributed by atoms with E-state index >= 15 is 0 Å². The molecule has 0 aromatic heterocycles. The lowest BCUT2D eigenvalue weighted by Crippen LogP contribution is -2.14. The van der Waals surface area contributed by atoms with E-state index in [0.717, 1.165) is 17.5 Å². The van der Waals surface area contributed by atoms with Crippen molar-refractivity contribution in [2.45, 2.75) is 32.1 Å². The number of hydrogen-bond donors (Lipinski definition) is 1. The highest BCUT2D eigenvalue weighted by atomic mass is 32.2. The summed E-state index contributed by atoms with van der Waals surface area (Å²) < 4.78 is 27.4. The van der Waals surface area contributed by atoms with Crippen molar-refractivity contribution < 1.29 is 9.84 Å². The van der Waals surface area contributed by atoms with Crippen LogP contribution >= 0.6 is 0 Å². The molecule has 0 amide bonds. The van der Waals surface area contributed by atoms with Crippen molar-refractivity contribution in [1.82, 2.24) is 0 Å². The van der Waals surface area contributed by atoms with E-state index < -0.39 is 10.0 Å². The third kappa shape index (κ3) is 3.02. The molecule has 1 N–H and O–H groups in total. The summed E-state index contributed by atoms with van der Waals surface area (Å²) in [5, 5.41) is 0. The van der Waals surface area contributed by atoms with Gasteiger partial charge in [0.1, 0.15) is 0 Å². The van der Waals surface area contributed by atoms with Gasteiger partial charge in [-0.2, -0.15) is 0 Å². The maximum Gasteiger partial charge on any atom is 0.262 e. The smallest absolute Gasteiger partial charge is 0.262 e. The van der Waals surface area contributed by atoms with Crippen molar-refractivity contribution in [1.29, 1.82) is 0 Å². The minimum Gasteiger partial charge on any atom is -0.280 e. The molecule has 0 saturated carbocycles. The van der Waals surface area contributed by atoms with Gasteiger partial charge in [-0.15, -0.1) is 0 Å². The highest BCUT2D eigenvalue weighted by Gasteiger charge is 2.16. The summed E-state index contributed by atoms with van der Waals surface area (Å²) in [4.78, 5) is 0.317. The first-order chi connectivity index (χ1) is 9.44. The number of aryl methyl sites for hydroxylation is 3. The molecular weight excluding hydrogens is 270 g/mol. The Hall–Kier alpha value is -1.81. The largest absolute Gasteiger partial charge is 0.280 e. The van der Waals surface area contributed by atoms with E-state index in [1.54, 1.807) is 25.1 Å². The molecule has 0 radical (unpaired) electrons. The number of nitrogens with one attached hydrogen (secondary N) is 1. The zero-order chi connectivity index (χ0) is 14.8. The van der Waals surface area contributed by atoms with Crippen LogP contribution in [0.5, 0.6) is 0 Å². The maximum absolute atomic E-state index is 12.4. The van der Waals surface area contributed by atoms with Crippen LogP contribution in [0, 0.1) is 13.8 Å². The number of rotatable bonds is 4. The van der Waals surface area contributed by atoms with Crippen LogP contribution in [0.3, 0.4) is 0 Å². The summed E-state index contributed by atoms with van der Waals surface area (Å²) >= 11 is 0. The number of anilines is 1. The van der Waals surface area contributed by atoms with Crippen LogP contribution in [0.2, 0.25) is 0 Å². The third-order valence-corrected chi connectivity index (χ3v) is 4.90. The molecule has 20 heavy (non-hydrogen) atoms. The van der Waals surface area contributed by atoms with Gasteiger partial charge in [-0.05, 0) is 55.2 Å². The van der Waals surface area contributed by atoms with Gasteiger partial charge >= 0.3 is 0 Å². The van der Waals surface area contributed by atoms with Gasteiger partial charge in [0.15, 0.2) is 0 Å². The summed E-state index contributed by atoms with van der Waals surface area (Å²) in [5.41, 5.74) is 3.66. The zero-order valence-electron chi connectivity index (χ0n) is 12.0. The molecule has 2 aromatic carbocycles. The molecule has 0 aliphatic rings. The van der Waals surface area contributed by atoms with Gasteiger partial charge in [0, 0.05) is 7.11 Å². The van der Waals surface area contributed by atoms with Crippen molar-refractivity contribution in [3.8, 4) is 0 Å². The first kappa shape index (κ1) is 14.6. The Kier molecular flexibility index (Phi) is 4.14. The van der Waals surface area contributed by atoms with Crippen molar-refractivity contribution >= 4 is 15.7 Å². The van der Waals surface area contributed by atoms with Gasteiger partial charge in [-0.3, -0.25) is 4.72 Å². The van der Waals surface area contributed by atoms with E-state index in [1.807, 2.05) is 31.2 Å². The molecule has 0 unspecified atom stereocenters. The van der Waals surface area contributed by atoms with Crippen molar-refractivity contribution in [3.05, 3.63) is 59.2 Å². The zero-order valence-corrected chi connectivity index (χ0v) is 12.8. The average Bonchev–Trinajstić information content (AvgIpc) is 2.38. The molecule has 0 aliphatic carbocycles. The van der Waals surface area contributed by atoms with E-state index in [0.29, 0.717) is 10.6 Å². The molecule has 0 heterocycles. The molecule has 2 aromatic rings. The summed E-state index contributed by atoms with van der Waals surface area (Å²) in [6.45, 7) is 5.86. The lowest BCUT2D eigenvalue weighted by molar-refractivity contribution is 0.600. The van der Waals surface area contributed by atoms with Crippen LogP contribution < -0.4 is 4.72 Å². The lowest BCUT2D eigenvalue weighted by Gasteiger charge is -2.12. The second-order valence-corrected chi connectivity index (χ2v) is 6.52. The predicted molar refractivity (Wildman–Crippen MR) is 84.7 cm³/mol. The van der Waals surface area contributed by atoms with Gasteiger partial charge in [0.25, 0.3) is 10.0 Å². The van der Waals surface area contributed by atoms with Crippen LogP contribution in [0.25, 0.3) is 0 Å². The molecule has 108 valence electrons. The van der Waals surface area contributed by atoms with E-state index in [-0.39, 0.29) is 1.43 Å². The van der Waals surface area contributed by atoms with Crippen LogP contribution in [-0.2, 0) is 16.4 Å². The van der Waals surface area contributed by atoms with Crippen molar-refractivity contribution in [2.24, 2.45) is 0 Å². The second kappa shape index (κ2) is 5.67. The average molecular weight is 291 g/mol. The van der Waals surface area contributed by atoms with Crippen LogP contribution in [0.1, 0.15) is 25.0 Å². The fourth-order valence-electron chi connectivity index (χ4n) is 2.22. The summed E-state index contributed by atoms with van der Waals surface area (Å²) in [6.07, 6.45) is 0.941. The highest BCUT2D eigenvalue weighted by molar-refractivity contribution is 7.92. The van der Waals surface area contributed by atoms with Crippen LogP contribution in [0.4, 0.5) is 5.69 Å². The minimum absolute atomic E-state index is 0. The fraction of sp³-hybridized carbons (Fsp3) is 0.250. The maximum atomic E-state index is 12.4. The Labute approximate surface area is 122 Å². The number of sulfonamides is 1. The monoisotopic (exact) mass is 291 g/mol. The topological polar surface area (TPSA) is 46.2 Å². The molecular formula is C16H21NO2S. The Morgan fingerprint density at radius 1 is 1.05 bits per heavy atom. The molecule has 0 saturated heterocycles. The SMILES string of the molecule is CCc1ccc(NS(=O)(=O)c2ccccc2C)cc1C.[HH]. The predicted octanol–water partition coefficient (Wildman–Crippen LogP) is 3.91. The summed E-state index contributed by atoms with van der Waals surface area (Å²) in [7, 11) is -3.53. The van der Waals surface area contributed by atoms with Crippen molar-refractivity contribution in [3.63, 3.8) is 0 Å². The van der Waals surface area contributed by atoms with Gasteiger partial charge in [-0.1, -0.05) is 31.2 Å². The van der Waals surface area contributed by atoms with E-state index in [9.17, 15) is 8.42 Å². The van der Waals surface area contributed by atoms with Gasteiger partial charge in [-0.25, -0.2) is 8.42 Å². The Morgan fingerprint density at radius 2 is 1.75 bits per heavy atom. The molecule has 0 spiro atoms. The lowest BCUT2D eigenvalue weighted by atomic mass is 10.1.